The lowest BCUT2D eigenvalue weighted by molar-refractivity contribution is 0.115. The molecule has 2 heterocycles. The fraction of sp³-hybridized carbons (Fsp3) is 0.846. The summed E-state index contributed by atoms with van der Waals surface area (Å²) in [5.41, 5.74) is 0. The van der Waals surface area contributed by atoms with E-state index in [2.05, 4.69) is 29.4 Å². The second kappa shape index (κ2) is 6.86. The molecule has 19 heavy (non-hydrogen) atoms. The lowest BCUT2D eigenvalue weighted by Gasteiger charge is -2.17. The minimum atomic E-state index is 0.291. The summed E-state index contributed by atoms with van der Waals surface area (Å²) in [6.07, 6.45) is 2.55. The SMILES string of the molecule is CC(C)CNCc1nnc(N(C)CC2CCCO2)o1. The molecular formula is C13H24N4O2. The van der Waals surface area contributed by atoms with E-state index in [0.29, 0.717) is 30.5 Å². The average molecular weight is 268 g/mol. The van der Waals surface area contributed by atoms with Crippen molar-refractivity contribution in [3.05, 3.63) is 5.89 Å². The third-order valence-electron chi connectivity index (χ3n) is 3.11. The molecular weight excluding hydrogens is 244 g/mol. The normalized spacial score (nSPS) is 19.3. The van der Waals surface area contributed by atoms with Gasteiger partial charge in [0.2, 0.25) is 5.89 Å². The summed E-state index contributed by atoms with van der Waals surface area (Å²) in [6.45, 7) is 7.58. The van der Waals surface area contributed by atoms with Crippen LogP contribution in [0.3, 0.4) is 0 Å². The zero-order valence-corrected chi connectivity index (χ0v) is 12.1. The maximum atomic E-state index is 5.62. The first-order valence-electron chi connectivity index (χ1n) is 7.01. The van der Waals surface area contributed by atoms with Crippen molar-refractivity contribution in [3.63, 3.8) is 0 Å². The number of ether oxygens (including phenoxy) is 1. The second-order valence-corrected chi connectivity index (χ2v) is 5.52. The van der Waals surface area contributed by atoms with Gasteiger partial charge in [0.1, 0.15) is 0 Å². The van der Waals surface area contributed by atoms with Gasteiger partial charge in [-0.3, -0.25) is 0 Å². The monoisotopic (exact) mass is 268 g/mol. The lowest BCUT2D eigenvalue weighted by Crippen LogP contribution is -2.28. The summed E-state index contributed by atoms with van der Waals surface area (Å²) in [6, 6.07) is 0.567. The van der Waals surface area contributed by atoms with E-state index >= 15 is 0 Å². The lowest BCUT2D eigenvalue weighted by atomic mass is 10.2. The highest BCUT2D eigenvalue weighted by Gasteiger charge is 2.20. The van der Waals surface area contributed by atoms with Crippen LogP contribution in [0.25, 0.3) is 0 Å². The molecule has 6 heteroatoms. The Balaban J connectivity index is 1.78. The maximum Gasteiger partial charge on any atom is 0.318 e. The molecule has 1 atom stereocenters. The maximum absolute atomic E-state index is 5.62. The Morgan fingerprint density at radius 2 is 2.26 bits per heavy atom. The average Bonchev–Trinajstić information content (AvgIpc) is 2.99. The number of hydrogen-bond acceptors (Lipinski definition) is 6. The van der Waals surface area contributed by atoms with Crippen LogP contribution in [0.1, 0.15) is 32.6 Å². The largest absolute Gasteiger partial charge is 0.407 e. The summed E-state index contributed by atoms with van der Waals surface area (Å²) in [5, 5.41) is 11.4. The van der Waals surface area contributed by atoms with Crippen molar-refractivity contribution in [2.45, 2.75) is 39.3 Å². The Morgan fingerprint density at radius 1 is 1.42 bits per heavy atom. The number of aromatic nitrogens is 2. The number of hydrogen-bond donors (Lipinski definition) is 1. The zero-order chi connectivity index (χ0) is 13.7. The van der Waals surface area contributed by atoms with Crippen LogP contribution in [0.4, 0.5) is 6.01 Å². The van der Waals surface area contributed by atoms with Crippen LogP contribution in [-0.4, -0.2) is 43.0 Å². The van der Waals surface area contributed by atoms with Gasteiger partial charge < -0.3 is 19.4 Å². The van der Waals surface area contributed by atoms with Crippen molar-refractivity contribution in [2.24, 2.45) is 5.92 Å². The Bertz CT molecular complexity index is 374. The standard InChI is InChI=1S/C13H24N4O2/c1-10(2)7-14-8-12-15-16-13(19-12)17(3)9-11-5-4-6-18-11/h10-11,14H,4-9H2,1-3H3. The van der Waals surface area contributed by atoms with Gasteiger partial charge in [0.15, 0.2) is 0 Å². The van der Waals surface area contributed by atoms with E-state index in [9.17, 15) is 0 Å². The molecule has 2 rings (SSSR count). The number of nitrogens with zero attached hydrogens (tertiary/aromatic N) is 3. The summed E-state index contributed by atoms with van der Waals surface area (Å²) in [5.74, 6) is 1.25. The molecule has 1 N–H and O–H groups in total. The van der Waals surface area contributed by atoms with Crippen LogP contribution in [0.15, 0.2) is 4.42 Å². The van der Waals surface area contributed by atoms with Crippen LogP contribution in [0, 0.1) is 5.92 Å². The fourth-order valence-electron chi connectivity index (χ4n) is 2.11. The molecule has 1 aromatic rings. The van der Waals surface area contributed by atoms with Gasteiger partial charge in [0, 0.05) is 20.2 Å². The number of rotatable bonds is 7. The van der Waals surface area contributed by atoms with Crippen molar-refractivity contribution in [1.82, 2.24) is 15.5 Å². The summed E-state index contributed by atoms with van der Waals surface area (Å²) >= 11 is 0. The fourth-order valence-corrected chi connectivity index (χ4v) is 2.11. The Kier molecular flexibility index (Phi) is 5.15. The number of likely N-dealkylation sites (N-methyl/N-ethyl adjacent to an activating group) is 1. The van der Waals surface area contributed by atoms with E-state index < -0.39 is 0 Å². The topological polar surface area (TPSA) is 63.4 Å². The Morgan fingerprint density at radius 3 is 2.95 bits per heavy atom. The third kappa shape index (κ3) is 4.47. The highest BCUT2D eigenvalue weighted by atomic mass is 16.5. The molecule has 1 aromatic heterocycles. The van der Waals surface area contributed by atoms with E-state index in [1.807, 2.05) is 11.9 Å². The van der Waals surface area contributed by atoms with E-state index in [-0.39, 0.29) is 0 Å². The molecule has 0 amide bonds. The van der Waals surface area contributed by atoms with Crippen molar-refractivity contribution in [1.29, 1.82) is 0 Å². The van der Waals surface area contributed by atoms with Gasteiger partial charge in [0.05, 0.1) is 12.6 Å². The van der Waals surface area contributed by atoms with Crippen molar-refractivity contribution >= 4 is 6.01 Å². The molecule has 1 aliphatic rings. The first-order valence-corrected chi connectivity index (χ1v) is 7.01. The molecule has 0 bridgehead atoms. The van der Waals surface area contributed by atoms with Crippen LogP contribution in [0.2, 0.25) is 0 Å². The van der Waals surface area contributed by atoms with Crippen LogP contribution >= 0.6 is 0 Å². The molecule has 108 valence electrons. The quantitative estimate of drug-likeness (QED) is 0.807. The predicted octanol–water partition coefficient (Wildman–Crippen LogP) is 1.43. The van der Waals surface area contributed by atoms with E-state index in [0.717, 1.165) is 32.5 Å². The molecule has 0 spiro atoms. The molecule has 0 aromatic carbocycles. The molecule has 0 aliphatic carbocycles. The summed E-state index contributed by atoms with van der Waals surface area (Å²) < 4.78 is 11.2. The summed E-state index contributed by atoms with van der Waals surface area (Å²) in [4.78, 5) is 1.97. The highest BCUT2D eigenvalue weighted by molar-refractivity contribution is 5.22. The van der Waals surface area contributed by atoms with Gasteiger partial charge in [0.25, 0.3) is 0 Å². The molecule has 1 unspecified atom stereocenters. The van der Waals surface area contributed by atoms with E-state index in [1.165, 1.54) is 0 Å². The number of anilines is 1. The van der Waals surface area contributed by atoms with Gasteiger partial charge in [-0.1, -0.05) is 18.9 Å². The third-order valence-corrected chi connectivity index (χ3v) is 3.11. The van der Waals surface area contributed by atoms with E-state index in [1.54, 1.807) is 0 Å². The molecule has 0 radical (unpaired) electrons. The van der Waals surface area contributed by atoms with Gasteiger partial charge in [-0.05, 0) is 25.3 Å². The molecule has 6 nitrogen and oxygen atoms in total. The van der Waals surface area contributed by atoms with Crippen LogP contribution in [0.5, 0.6) is 0 Å². The summed E-state index contributed by atoms with van der Waals surface area (Å²) in [7, 11) is 1.96. The smallest absolute Gasteiger partial charge is 0.318 e. The molecule has 1 saturated heterocycles. The van der Waals surface area contributed by atoms with Crippen molar-refractivity contribution in [3.8, 4) is 0 Å². The van der Waals surface area contributed by atoms with Gasteiger partial charge in [-0.25, -0.2) is 0 Å². The van der Waals surface area contributed by atoms with Crippen LogP contribution in [-0.2, 0) is 11.3 Å². The van der Waals surface area contributed by atoms with Gasteiger partial charge >= 0.3 is 6.01 Å². The minimum absolute atomic E-state index is 0.291. The van der Waals surface area contributed by atoms with E-state index in [4.69, 9.17) is 9.15 Å². The number of nitrogens with one attached hydrogen (secondary N) is 1. The Labute approximate surface area is 114 Å². The van der Waals surface area contributed by atoms with Crippen molar-refractivity contribution < 1.29 is 9.15 Å². The predicted molar refractivity (Wildman–Crippen MR) is 73.1 cm³/mol. The first-order chi connectivity index (χ1) is 9.15. The highest BCUT2D eigenvalue weighted by Crippen LogP contribution is 2.16. The minimum Gasteiger partial charge on any atom is -0.407 e. The molecule has 0 saturated carbocycles. The van der Waals surface area contributed by atoms with Crippen molar-refractivity contribution in [2.75, 3.05) is 31.6 Å². The van der Waals surface area contributed by atoms with Gasteiger partial charge in [-0.2, -0.15) is 0 Å². The molecule has 1 aliphatic heterocycles. The van der Waals surface area contributed by atoms with Gasteiger partial charge in [-0.15, -0.1) is 5.10 Å². The second-order valence-electron chi connectivity index (χ2n) is 5.52. The first kappa shape index (κ1) is 14.3. The molecule has 1 fully saturated rings. The zero-order valence-electron chi connectivity index (χ0n) is 12.1. The Hall–Kier alpha value is -1.14. The van der Waals surface area contributed by atoms with Crippen LogP contribution < -0.4 is 10.2 Å².